The predicted molar refractivity (Wildman–Crippen MR) is 107 cm³/mol. The van der Waals surface area contributed by atoms with Gasteiger partial charge in [-0.25, -0.2) is 23.9 Å². The molecule has 3 aromatic carbocycles. The van der Waals surface area contributed by atoms with Gasteiger partial charge in [-0.2, -0.15) is 0 Å². The van der Waals surface area contributed by atoms with Crippen LogP contribution in [0, 0.1) is 6.92 Å². The molecule has 0 unspecified atom stereocenters. The highest BCUT2D eigenvalue weighted by molar-refractivity contribution is 5.85. The van der Waals surface area contributed by atoms with Crippen LogP contribution in [0.15, 0.2) is 83.7 Å². The van der Waals surface area contributed by atoms with Gasteiger partial charge in [-0.3, -0.25) is 0 Å². The van der Waals surface area contributed by atoms with E-state index in [1.807, 2.05) is 85.8 Å². The minimum atomic E-state index is -0.186. The predicted octanol–water partition coefficient (Wildman–Crippen LogP) is 4.03. The van der Waals surface area contributed by atoms with E-state index < -0.39 is 0 Å². The topological polar surface area (TPSA) is 52.7 Å². The average molecular weight is 352 g/mol. The van der Waals surface area contributed by atoms with Crippen molar-refractivity contribution >= 4 is 22.3 Å². The van der Waals surface area contributed by atoms with Crippen LogP contribution < -0.4 is 5.69 Å². The third kappa shape index (κ3) is 2.44. The minimum absolute atomic E-state index is 0.186. The van der Waals surface area contributed by atoms with Crippen molar-refractivity contribution in [3.05, 3.63) is 94.9 Å². The zero-order chi connectivity index (χ0) is 18.4. The lowest BCUT2D eigenvalue weighted by molar-refractivity contribution is 0.922. The van der Waals surface area contributed by atoms with Crippen LogP contribution in [0.3, 0.4) is 0 Å². The maximum atomic E-state index is 13.4. The number of aromatic nitrogens is 4. The van der Waals surface area contributed by atoms with E-state index in [2.05, 4.69) is 0 Å². The summed E-state index contributed by atoms with van der Waals surface area (Å²) in [5.74, 6) is 0. The van der Waals surface area contributed by atoms with Gasteiger partial charge in [0.1, 0.15) is 0 Å². The van der Waals surface area contributed by atoms with Gasteiger partial charge < -0.3 is 0 Å². The van der Waals surface area contributed by atoms with E-state index in [4.69, 9.17) is 9.97 Å². The molecule has 5 rings (SSSR count). The molecule has 5 nitrogen and oxygen atoms in total. The van der Waals surface area contributed by atoms with Crippen LogP contribution in [-0.2, 0) is 0 Å². The summed E-state index contributed by atoms with van der Waals surface area (Å²) in [6.07, 6.45) is 0. The summed E-state index contributed by atoms with van der Waals surface area (Å²) < 4.78 is 3.24. The van der Waals surface area contributed by atoms with Gasteiger partial charge >= 0.3 is 5.69 Å². The van der Waals surface area contributed by atoms with E-state index in [0.717, 1.165) is 28.0 Å². The number of imidazole rings is 1. The Kier molecular flexibility index (Phi) is 3.40. The van der Waals surface area contributed by atoms with Crippen LogP contribution in [0.1, 0.15) is 5.56 Å². The van der Waals surface area contributed by atoms with Crippen molar-refractivity contribution in [2.24, 2.45) is 0 Å². The van der Waals surface area contributed by atoms with Gasteiger partial charge in [0.05, 0.1) is 22.4 Å². The molecule has 0 saturated carbocycles. The van der Waals surface area contributed by atoms with Gasteiger partial charge in [0.15, 0.2) is 11.3 Å². The fraction of sp³-hybridized carbons (Fsp3) is 0.0455. The number of hydrogen-bond donors (Lipinski definition) is 0. The second kappa shape index (κ2) is 5.92. The highest BCUT2D eigenvalue weighted by Gasteiger charge is 2.19. The lowest BCUT2D eigenvalue weighted by Gasteiger charge is -2.03. The molecule has 0 atom stereocenters. The molecule has 0 aliphatic heterocycles. The molecule has 0 bridgehead atoms. The molecule has 5 heteroatoms. The van der Waals surface area contributed by atoms with E-state index in [9.17, 15) is 4.79 Å². The van der Waals surface area contributed by atoms with E-state index in [1.165, 1.54) is 0 Å². The van der Waals surface area contributed by atoms with Crippen LogP contribution in [-0.4, -0.2) is 19.1 Å². The van der Waals surface area contributed by atoms with Crippen molar-refractivity contribution < 1.29 is 0 Å². The number of benzene rings is 3. The standard InChI is InChI=1S/C22H16N4O/c1-15-12-13-18-19(14-15)24-21-20(23-18)25(16-8-4-2-5-9-16)22(27)26(21)17-10-6-3-7-11-17/h2-14H,1H3. The Bertz CT molecular complexity index is 1340. The van der Waals surface area contributed by atoms with Crippen LogP contribution >= 0.6 is 0 Å². The number of rotatable bonds is 2. The molecule has 2 aromatic heterocycles. The van der Waals surface area contributed by atoms with Gasteiger partial charge in [-0.15, -0.1) is 0 Å². The quantitative estimate of drug-likeness (QED) is 0.482. The highest BCUT2D eigenvalue weighted by Crippen LogP contribution is 2.21. The zero-order valence-electron chi connectivity index (χ0n) is 14.7. The lowest BCUT2D eigenvalue weighted by Crippen LogP contribution is -2.22. The molecule has 0 radical (unpaired) electrons. The lowest BCUT2D eigenvalue weighted by atomic mass is 10.2. The van der Waals surface area contributed by atoms with Gasteiger partial charge in [0.25, 0.3) is 0 Å². The molecule has 0 N–H and O–H groups in total. The van der Waals surface area contributed by atoms with Crippen molar-refractivity contribution in [3.8, 4) is 11.4 Å². The Labute approximate surface area is 155 Å². The van der Waals surface area contributed by atoms with E-state index >= 15 is 0 Å². The fourth-order valence-electron chi connectivity index (χ4n) is 3.35. The SMILES string of the molecule is Cc1ccc2nc3c(nc2c1)n(-c1ccccc1)c(=O)n3-c1ccccc1. The Balaban J connectivity index is 1.96. The molecule has 0 saturated heterocycles. The van der Waals surface area contributed by atoms with Crippen LogP contribution in [0.5, 0.6) is 0 Å². The Morgan fingerprint density at radius 3 is 1.74 bits per heavy atom. The van der Waals surface area contributed by atoms with Crippen molar-refractivity contribution in [2.45, 2.75) is 6.92 Å². The van der Waals surface area contributed by atoms with Gasteiger partial charge in [0, 0.05) is 0 Å². The number of hydrogen-bond acceptors (Lipinski definition) is 3. The van der Waals surface area contributed by atoms with Gasteiger partial charge in [-0.1, -0.05) is 42.5 Å². The van der Waals surface area contributed by atoms with E-state index in [0.29, 0.717) is 11.3 Å². The molecule has 2 heterocycles. The summed E-state index contributed by atoms with van der Waals surface area (Å²) in [6, 6.07) is 25.0. The summed E-state index contributed by atoms with van der Waals surface area (Å²) >= 11 is 0. The number of aryl methyl sites for hydroxylation is 1. The molecule has 0 aliphatic carbocycles. The molecule has 0 fully saturated rings. The smallest absolute Gasteiger partial charge is 0.247 e. The Hall–Kier alpha value is -3.73. The van der Waals surface area contributed by atoms with Gasteiger partial charge in [-0.05, 0) is 48.9 Å². The van der Waals surface area contributed by atoms with Crippen molar-refractivity contribution in [1.29, 1.82) is 0 Å². The number of para-hydroxylation sites is 2. The van der Waals surface area contributed by atoms with Crippen LogP contribution in [0.25, 0.3) is 33.7 Å². The highest BCUT2D eigenvalue weighted by atomic mass is 16.1. The molecule has 5 aromatic rings. The Morgan fingerprint density at radius 2 is 1.19 bits per heavy atom. The Morgan fingerprint density at radius 1 is 0.667 bits per heavy atom. The monoisotopic (exact) mass is 352 g/mol. The first kappa shape index (κ1) is 15.5. The summed E-state index contributed by atoms with van der Waals surface area (Å²) in [6.45, 7) is 2.02. The second-order valence-corrected chi connectivity index (χ2v) is 6.49. The summed E-state index contributed by atoms with van der Waals surface area (Å²) in [5, 5.41) is 0. The third-order valence-electron chi connectivity index (χ3n) is 4.62. The van der Waals surface area contributed by atoms with Crippen LogP contribution in [0.4, 0.5) is 0 Å². The van der Waals surface area contributed by atoms with Crippen molar-refractivity contribution in [3.63, 3.8) is 0 Å². The first-order valence-corrected chi connectivity index (χ1v) is 8.75. The molecule has 0 aliphatic rings. The molecule has 27 heavy (non-hydrogen) atoms. The summed E-state index contributed by atoms with van der Waals surface area (Å²) in [5.41, 5.74) is 5.09. The minimum Gasteiger partial charge on any atom is -0.247 e. The maximum Gasteiger partial charge on any atom is 0.340 e. The first-order valence-electron chi connectivity index (χ1n) is 8.75. The molecular weight excluding hydrogens is 336 g/mol. The molecular formula is C22H16N4O. The largest absolute Gasteiger partial charge is 0.340 e. The second-order valence-electron chi connectivity index (χ2n) is 6.49. The number of nitrogens with zero attached hydrogens (tertiary/aromatic N) is 4. The molecule has 130 valence electrons. The summed E-state index contributed by atoms with van der Waals surface area (Å²) in [7, 11) is 0. The van der Waals surface area contributed by atoms with Crippen LogP contribution in [0.2, 0.25) is 0 Å². The van der Waals surface area contributed by atoms with E-state index in [-0.39, 0.29) is 5.69 Å². The fourth-order valence-corrected chi connectivity index (χ4v) is 3.35. The average Bonchev–Trinajstić information content (AvgIpc) is 2.98. The zero-order valence-corrected chi connectivity index (χ0v) is 14.7. The molecule has 0 spiro atoms. The maximum absolute atomic E-state index is 13.4. The van der Waals surface area contributed by atoms with Crippen molar-refractivity contribution in [1.82, 2.24) is 19.1 Å². The van der Waals surface area contributed by atoms with Crippen molar-refractivity contribution in [2.75, 3.05) is 0 Å². The molecule has 0 amide bonds. The number of fused-ring (bicyclic) bond motifs is 2. The third-order valence-corrected chi connectivity index (χ3v) is 4.62. The first-order chi connectivity index (χ1) is 13.2. The normalized spacial score (nSPS) is 11.3. The van der Waals surface area contributed by atoms with E-state index in [1.54, 1.807) is 9.13 Å². The summed E-state index contributed by atoms with van der Waals surface area (Å²) in [4.78, 5) is 23.0. The van der Waals surface area contributed by atoms with Gasteiger partial charge in [0.2, 0.25) is 0 Å².